The van der Waals surface area contributed by atoms with Crippen molar-refractivity contribution in [1.82, 2.24) is 19.7 Å². The van der Waals surface area contributed by atoms with Gasteiger partial charge in [0.1, 0.15) is 5.56 Å². The molecule has 3 aliphatic rings. The Labute approximate surface area is 198 Å². The highest BCUT2D eigenvalue weighted by Gasteiger charge is 2.29. The first-order valence-corrected chi connectivity index (χ1v) is 11.6. The number of amides is 1. The first-order valence-electron chi connectivity index (χ1n) is 11.6. The fourth-order valence-electron chi connectivity index (χ4n) is 5.32. The van der Waals surface area contributed by atoms with E-state index in [0.29, 0.717) is 24.1 Å². The molecule has 1 atom stereocenters. The molecule has 1 aromatic rings. The van der Waals surface area contributed by atoms with Crippen LogP contribution in [0.4, 0.5) is 0 Å². The van der Waals surface area contributed by atoms with Gasteiger partial charge in [0.15, 0.2) is 0 Å². The topological polar surface area (TPSA) is 57.6 Å². The summed E-state index contributed by atoms with van der Waals surface area (Å²) in [5.74, 6) is 0.387. The van der Waals surface area contributed by atoms with Crippen molar-refractivity contribution in [2.75, 3.05) is 39.3 Å². The number of aromatic nitrogens is 1. The highest BCUT2D eigenvalue weighted by atomic mass is 35.5. The maximum Gasteiger partial charge on any atom is 0.263 e. The number of piperazine rings is 1. The number of hydrogen-bond donors (Lipinski definition) is 1. The van der Waals surface area contributed by atoms with Crippen LogP contribution in [0.15, 0.2) is 17.1 Å². The van der Waals surface area contributed by atoms with Gasteiger partial charge in [-0.15, -0.1) is 24.8 Å². The molecule has 3 fully saturated rings. The van der Waals surface area contributed by atoms with Gasteiger partial charge in [-0.1, -0.05) is 19.3 Å². The lowest BCUT2D eigenvalue weighted by Gasteiger charge is -2.40. The summed E-state index contributed by atoms with van der Waals surface area (Å²) in [5.41, 5.74) is 1.06. The molecule has 1 aliphatic carbocycles. The summed E-state index contributed by atoms with van der Waals surface area (Å²) < 4.78 is 1.76. The number of piperidine rings is 1. The van der Waals surface area contributed by atoms with E-state index in [-0.39, 0.29) is 36.3 Å². The molecule has 2 saturated heterocycles. The van der Waals surface area contributed by atoms with Crippen LogP contribution in [0, 0.1) is 12.8 Å². The molecule has 1 unspecified atom stereocenters. The highest BCUT2D eigenvalue weighted by Crippen LogP contribution is 2.24. The molecule has 1 saturated carbocycles. The van der Waals surface area contributed by atoms with Crippen molar-refractivity contribution in [2.24, 2.45) is 5.92 Å². The minimum atomic E-state index is -0.115. The first kappa shape index (κ1) is 26.2. The van der Waals surface area contributed by atoms with E-state index in [4.69, 9.17) is 0 Å². The van der Waals surface area contributed by atoms with Gasteiger partial charge in [-0.05, 0) is 63.2 Å². The van der Waals surface area contributed by atoms with Crippen LogP contribution in [0.1, 0.15) is 60.9 Å². The van der Waals surface area contributed by atoms with E-state index in [1.165, 1.54) is 32.1 Å². The summed E-state index contributed by atoms with van der Waals surface area (Å²) in [7, 11) is 0. The van der Waals surface area contributed by atoms with Gasteiger partial charge in [0.2, 0.25) is 0 Å². The number of rotatable bonds is 4. The Morgan fingerprint density at radius 2 is 1.74 bits per heavy atom. The summed E-state index contributed by atoms with van der Waals surface area (Å²) in [6.07, 6.45) is 10.8. The van der Waals surface area contributed by atoms with Crippen LogP contribution in [0.5, 0.6) is 0 Å². The Morgan fingerprint density at radius 3 is 2.39 bits per heavy atom. The van der Waals surface area contributed by atoms with E-state index in [1.807, 2.05) is 24.1 Å². The molecule has 0 radical (unpaired) electrons. The molecule has 2 aliphatic heterocycles. The van der Waals surface area contributed by atoms with Gasteiger partial charge in [0.25, 0.3) is 11.5 Å². The van der Waals surface area contributed by atoms with E-state index in [9.17, 15) is 9.59 Å². The quantitative estimate of drug-likeness (QED) is 0.731. The molecule has 0 aromatic carbocycles. The molecule has 176 valence electrons. The van der Waals surface area contributed by atoms with Crippen molar-refractivity contribution in [3.63, 3.8) is 0 Å². The fraction of sp³-hybridized carbons (Fsp3) is 0.739. The van der Waals surface area contributed by atoms with Crippen LogP contribution in [0.3, 0.4) is 0 Å². The molecular weight excluding hydrogens is 435 g/mol. The molecule has 0 spiro atoms. The van der Waals surface area contributed by atoms with Crippen LogP contribution >= 0.6 is 24.8 Å². The fourth-order valence-corrected chi connectivity index (χ4v) is 5.32. The summed E-state index contributed by atoms with van der Waals surface area (Å²) in [6, 6.07) is 2.63. The van der Waals surface area contributed by atoms with Crippen molar-refractivity contribution in [3.05, 3.63) is 33.7 Å². The maximum atomic E-state index is 13.3. The average Bonchev–Trinajstić information content (AvgIpc) is 2.77. The molecule has 0 bridgehead atoms. The Balaban J connectivity index is 0.00000171. The van der Waals surface area contributed by atoms with Gasteiger partial charge in [0, 0.05) is 45.0 Å². The average molecular weight is 473 g/mol. The van der Waals surface area contributed by atoms with Gasteiger partial charge in [-0.2, -0.15) is 0 Å². The Bertz CT molecular complexity index is 765. The van der Waals surface area contributed by atoms with E-state index >= 15 is 0 Å². The third kappa shape index (κ3) is 6.25. The molecule has 8 heteroatoms. The number of nitrogens with one attached hydrogen (secondary N) is 1. The molecule has 1 amide bonds. The second kappa shape index (κ2) is 12.2. The lowest BCUT2D eigenvalue weighted by Crippen LogP contribution is -2.53. The monoisotopic (exact) mass is 472 g/mol. The van der Waals surface area contributed by atoms with Gasteiger partial charge in [0.05, 0.1) is 0 Å². The first-order chi connectivity index (χ1) is 14.1. The van der Waals surface area contributed by atoms with Crippen molar-refractivity contribution >= 4 is 30.7 Å². The van der Waals surface area contributed by atoms with Crippen LogP contribution in [-0.2, 0) is 6.54 Å². The lowest BCUT2D eigenvalue weighted by molar-refractivity contribution is 0.0520. The summed E-state index contributed by atoms with van der Waals surface area (Å²) >= 11 is 0. The summed E-state index contributed by atoms with van der Waals surface area (Å²) in [5, 5.41) is 3.41. The lowest BCUT2D eigenvalue weighted by atomic mass is 9.94. The largest absolute Gasteiger partial charge is 0.336 e. The number of pyridine rings is 1. The zero-order chi connectivity index (χ0) is 20.2. The molecule has 1 N–H and O–H groups in total. The van der Waals surface area contributed by atoms with E-state index in [1.54, 1.807) is 4.57 Å². The predicted molar refractivity (Wildman–Crippen MR) is 130 cm³/mol. The summed E-state index contributed by atoms with van der Waals surface area (Å²) in [4.78, 5) is 30.9. The zero-order valence-electron chi connectivity index (χ0n) is 18.7. The predicted octanol–water partition coefficient (Wildman–Crippen LogP) is 3.09. The molecule has 6 nitrogen and oxygen atoms in total. The number of aryl methyl sites for hydroxylation is 1. The van der Waals surface area contributed by atoms with Crippen LogP contribution < -0.4 is 10.9 Å². The molecule has 31 heavy (non-hydrogen) atoms. The second-order valence-electron chi connectivity index (χ2n) is 9.16. The van der Waals surface area contributed by atoms with E-state index in [2.05, 4.69) is 10.2 Å². The number of halogens is 2. The molecule has 3 heterocycles. The standard InChI is InChI=1S/C23H36N4O2.2ClH/c1-18-9-11-27(17-19-6-5-10-24-16-19)23(29)21(18)22(28)26-14-12-25(13-15-26)20-7-3-2-4-8-20;;/h9,11,19-20,24H,2-8,10,12-17H2,1H3;2*1H. The third-order valence-electron chi connectivity index (χ3n) is 7.13. The number of nitrogens with zero attached hydrogens (tertiary/aromatic N) is 3. The van der Waals surface area contributed by atoms with E-state index < -0.39 is 0 Å². The normalized spacial score (nSPS) is 23.0. The minimum absolute atomic E-state index is 0. The summed E-state index contributed by atoms with van der Waals surface area (Å²) in [6.45, 7) is 7.93. The number of hydrogen-bond acceptors (Lipinski definition) is 4. The number of carbonyl (C=O) groups is 1. The Kier molecular flexibility index (Phi) is 10.3. The van der Waals surface area contributed by atoms with Crippen molar-refractivity contribution < 1.29 is 4.79 Å². The Hall–Kier alpha value is -1.08. The molecule has 1 aromatic heterocycles. The van der Waals surface area contributed by atoms with Crippen molar-refractivity contribution in [1.29, 1.82) is 0 Å². The van der Waals surface area contributed by atoms with Crippen molar-refractivity contribution in [2.45, 2.75) is 64.5 Å². The zero-order valence-corrected chi connectivity index (χ0v) is 20.3. The molecular formula is C23H38Cl2N4O2. The number of carbonyl (C=O) groups excluding carboxylic acids is 1. The smallest absolute Gasteiger partial charge is 0.263 e. The van der Waals surface area contributed by atoms with Gasteiger partial charge >= 0.3 is 0 Å². The minimum Gasteiger partial charge on any atom is -0.336 e. The van der Waals surface area contributed by atoms with Crippen LogP contribution in [0.2, 0.25) is 0 Å². The van der Waals surface area contributed by atoms with Gasteiger partial charge in [-0.25, -0.2) is 0 Å². The van der Waals surface area contributed by atoms with Crippen LogP contribution in [-0.4, -0.2) is 65.6 Å². The Morgan fingerprint density at radius 1 is 1.03 bits per heavy atom. The third-order valence-corrected chi connectivity index (χ3v) is 7.13. The maximum absolute atomic E-state index is 13.3. The SMILES string of the molecule is Cc1ccn(CC2CCCNC2)c(=O)c1C(=O)N1CCN(C2CCCCC2)CC1.Cl.Cl. The van der Waals surface area contributed by atoms with E-state index in [0.717, 1.165) is 57.7 Å². The van der Waals surface area contributed by atoms with Gasteiger partial charge in [-0.3, -0.25) is 14.5 Å². The van der Waals surface area contributed by atoms with Crippen LogP contribution in [0.25, 0.3) is 0 Å². The second-order valence-corrected chi connectivity index (χ2v) is 9.16. The highest BCUT2D eigenvalue weighted by molar-refractivity contribution is 5.95. The van der Waals surface area contributed by atoms with Crippen molar-refractivity contribution in [3.8, 4) is 0 Å². The van der Waals surface area contributed by atoms with Gasteiger partial charge < -0.3 is 14.8 Å². The molecule has 4 rings (SSSR count).